The molecule has 0 atom stereocenters. The Morgan fingerprint density at radius 1 is 1.42 bits per heavy atom. The summed E-state index contributed by atoms with van der Waals surface area (Å²) in [5.74, 6) is -0.319. The van der Waals surface area contributed by atoms with Gasteiger partial charge in [0.05, 0.1) is 19.0 Å². The number of hydrogen-bond acceptors (Lipinski definition) is 6. The number of hydrogen-bond donors (Lipinski definition) is 0. The summed E-state index contributed by atoms with van der Waals surface area (Å²) in [4.78, 5) is 13.9. The molecule has 1 fully saturated rings. The van der Waals surface area contributed by atoms with Crippen molar-refractivity contribution in [3.63, 3.8) is 0 Å². The van der Waals surface area contributed by atoms with Crippen molar-refractivity contribution in [2.24, 2.45) is 0 Å². The highest BCUT2D eigenvalue weighted by atomic mass is 35.5. The van der Waals surface area contributed by atoms with Crippen molar-refractivity contribution in [2.45, 2.75) is 18.4 Å². The van der Waals surface area contributed by atoms with Crippen LogP contribution in [0.1, 0.15) is 12.8 Å². The van der Waals surface area contributed by atoms with Crippen LogP contribution in [0.25, 0.3) is 0 Å². The first-order valence-corrected chi connectivity index (χ1v) is 6.36. The molecule has 0 aromatic carbocycles. The molecule has 0 saturated carbocycles. The molecular formula is C12H16ClN3O3. The second kappa shape index (κ2) is 5.71. The number of methoxy groups -OCH3 is 2. The highest BCUT2D eigenvalue weighted by molar-refractivity contribution is 6.29. The predicted molar refractivity (Wildman–Crippen MR) is 70.2 cm³/mol. The molecule has 6 nitrogen and oxygen atoms in total. The number of nitrogens with zero attached hydrogens (tertiary/aromatic N) is 3. The third-order valence-corrected chi connectivity index (χ3v) is 3.68. The molecule has 0 unspecified atom stereocenters. The SMILES string of the molecule is COC(=O)C1(OC)CCN(c2cnnc(Cl)c2)CC1. The molecule has 2 rings (SSSR count). The van der Waals surface area contributed by atoms with Gasteiger partial charge in [-0.1, -0.05) is 11.6 Å². The summed E-state index contributed by atoms with van der Waals surface area (Å²) >= 11 is 5.82. The fourth-order valence-electron chi connectivity index (χ4n) is 2.31. The summed E-state index contributed by atoms with van der Waals surface area (Å²) in [5.41, 5.74) is 0.0600. The summed E-state index contributed by atoms with van der Waals surface area (Å²) in [6, 6.07) is 1.76. The van der Waals surface area contributed by atoms with Gasteiger partial charge >= 0.3 is 5.97 Å². The van der Waals surface area contributed by atoms with Gasteiger partial charge in [0.25, 0.3) is 0 Å². The van der Waals surface area contributed by atoms with Gasteiger partial charge in [-0.25, -0.2) is 4.79 Å². The lowest BCUT2D eigenvalue weighted by atomic mass is 9.91. The third kappa shape index (κ3) is 2.79. The van der Waals surface area contributed by atoms with Gasteiger partial charge in [-0.3, -0.25) is 0 Å². The monoisotopic (exact) mass is 285 g/mol. The molecule has 1 aliphatic heterocycles. The van der Waals surface area contributed by atoms with Crippen LogP contribution in [0, 0.1) is 0 Å². The van der Waals surface area contributed by atoms with E-state index >= 15 is 0 Å². The minimum absolute atomic E-state index is 0.319. The van der Waals surface area contributed by atoms with Crippen molar-refractivity contribution < 1.29 is 14.3 Å². The maximum absolute atomic E-state index is 11.8. The van der Waals surface area contributed by atoms with Crippen LogP contribution < -0.4 is 4.90 Å². The predicted octanol–water partition coefficient (Wildman–Crippen LogP) is 1.29. The maximum atomic E-state index is 11.8. The highest BCUT2D eigenvalue weighted by Crippen LogP contribution is 2.30. The molecule has 104 valence electrons. The quantitative estimate of drug-likeness (QED) is 0.780. The molecule has 0 aliphatic carbocycles. The van der Waals surface area contributed by atoms with Crippen LogP contribution in [0.4, 0.5) is 5.69 Å². The zero-order valence-corrected chi connectivity index (χ0v) is 11.7. The molecule has 1 saturated heterocycles. The first-order valence-electron chi connectivity index (χ1n) is 5.98. The molecular weight excluding hydrogens is 270 g/mol. The van der Waals surface area contributed by atoms with Gasteiger partial charge in [0, 0.05) is 39.1 Å². The molecule has 1 aromatic heterocycles. The lowest BCUT2D eigenvalue weighted by Crippen LogP contribution is -2.51. The first-order chi connectivity index (χ1) is 9.11. The van der Waals surface area contributed by atoms with Gasteiger partial charge in [0.15, 0.2) is 10.8 Å². The Balaban J connectivity index is 2.08. The highest BCUT2D eigenvalue weighted by Gasteiger charge is 2.42. The molecule has 1 aromatic rings. The molecule has 0 N–H and O–H groups in total. The van der Waals surface area contributed by atoms with E-state index in [0.29, 0.717) is 31.1 Å². The van der Waals surface area contributed by atoms with Crippen LogP contribution in [0.15, 0.2) is 12.3 Å². The number of rotatable bonds is 3. The molecule has 0 bridgehead atoms. The van der Waals surface area contributed by atoms with E-state index in [4.69, 9.17) is 21.1 Å². The smallest absolute Gasteiger partial charge is 0.338 e. The molecule has 19 heavy (non-hydrogen) atoms. The third-order valence-electron chi connectivity index (χ3n) is 3.49. The zero-order chi connectivity index (χ0) is 13.9. The van der Waals surface area contributed by atoms with Crippen LogP contribution in [-0.2, 0) is 14.3 Å². The minimum Gasteiger partial charge on any atom is -0.467 e. The van der Waals surface area contributed by atoms with E-state index in [1.54, 1.807) is 12.3 Å². The van der Waals surface area contributed by atoms with Gasteiger partial charge in [0.2, 0.25) is 0 Å². The molecule has 2 heterocycles. The number of esters is 1. The van der Waals surface area contributed by atoms with Crippen molar-refractivity contribution in [1.29, 1.82) is 0 Å². The van der Waals surface area contributed by atoms with E-state index in [9.17, 15) is 4.79 Å². The van der Waals surface area contributed by atoms with Crippen LogP contribution >= 0.6 is 11.6 Å². The van der Waals surface area contributed by atoms with Crippen LogP contribution in [0.2, 0.25) is 5.15 Å². The molecule has 0 radical (unpaired) electrons. The van der Waals surface area contributed by atoms with Crippen molar-refractivity contribution in [1.82, 2.24) is 10.2 Å². The lowest BCUT2D eigenvalue weighted by Gasteiger charge is -2.39. The Bertz CT molecular complexity index is 461. The number of carbonyl (C=O) groups excluding carboxylic acids is 1. The largest absolute Gasteiger partial charge is 0.467 e. The average molecular weight is 286 g/mol. The number of piperidine rings is 1. The Morgan fingerprint density at radius 3 is 2.63 bits per heavy atom. The zero-order valence-electron chi connectivity index (χ0n) is 10.9. The van der Waals surface area contributed by atoms with E-state index in [-0.39, 0.29) is 5.97 Å². The Hall–Kier alpha value is -1.40. The normalized spacial score (nSPS) is 18.2. The average Bonchev–Trinajstić information content (AvgIpc) is 2.46. The number of anilines is 1. The van der Waals surface area contributed by atoms with E-state index in [1.807, 2.05) is 0 Å². The number of carbonyl (C=O) groups is 1. The summed E-state index contributed by atoms with van der Waals surface area (Å²) in [5, 5.41) is 7.89. The fraction of sp³-hybridized carbons (Fsp3) is 0.583. The maximum Gasteiger partial charge on any atom is 0.338 e. The van der Waals surface area contributed by atoms with Gasteiger partial charge < -0.3 is 14.4 Å². The first kappa shape index (κ1) is 14.0. The molecule has 7 heteroatoms. The van der Waals surface area contributed by atoms with Gasteiger partial charge in [-0.2, -0.15) is 5.10 Å². The lowest BCUT2D eigenvalue weighted by molar-refractivity contribution is -0.168. The van der Waals surface area contributed by atoms with Crippen LogP contribution in [0.3, 0.4) is 0 Å². The van der Waals surface area contributed by atoms with E-state index in [1.165, 1.54) is 14.2 Å². The second-order valence-corrected chi connectivity index (χ2v) is 4.80. The Morgan fingerprint density at radius 2 is 2.11 bits per heavy atom. The second-order valence-electron chi connectivity index (χ2n) is 4.41. The van der Waals surface area contributed by atoms with Crippen molar-refractivity contribution in [2.75, 3.05) is 32.2 Å². The van der Waals surface area contributed by atoms with Gasteiger partial charge in [-0.05, 0) is 0 Å². The standard InChI is InChI=1S/C12H16ClN3O3/c1-18-11(17)12(19-2)3-5-16(6-4-12)9-7-10(13)15-14-8-9/h7-8H,3-6H2,1-2H3. The van der Waals surface area contributed by atoms with Crippen LogP contribution in [-0.4, -0.2) is 49.1 Å². The summed E-state index contributed by atoms with van der Waals surface area (Å²) in [6.45, 7) is 1.34. The van der Waals surface area contributed by atoms with Gasteiger partial charge in [-0.15, -0.1) is 5.10 Å². The van der Waals surface area contributed by atoms with Crippen molar-refractivity contribution in [3.05, 3.63) is 17.4 Å². The van der Waals surface area contributed by atoms with Crippen molar-refractivity contribution >= 4 is 23.3 Å². The van der Waals surface area contributed by atoms with E-state index < -0.39 is 5.60 Å². The fourth-order valence-corrected chi connectivity index (χ4v) is 2.46. The van der Waals surface area contributed by atoms with Crippen molar-refractivity contribution in [3.8, 4) is 0 Å². The summed E-state index contributed by atoms with van der Waals surface area (Å²) < 4.78 is 10.2. The minimum atomic E-state index is -0.838. The Labute approximate surface area is 116 Å². The number of halogens is 1. The Kier molecular flexibility index (Phi) is 4.21. The number of ether oxygens (including phenoxy) is 2. The summed E-state index contributed by atoms with van der Waals surface area (Å²) in [6.07, 6.45) is 2.79. The molecule has 0 amide bonds. The molecule has 1 aliphatic rings. The topological polar surface area (TPSA) is 64.6 Å². The molecule has 0 spiro atoms. The van der Waals surface area contributed by atoms with Gasteiger partial charge in [0.1, 0.15) is 0 Å². The van der Waals surface area contributed by atoms with E-state index in [2.05, 4.69) is 15.1 Å². The number of aromatic nitrogens is 2. The van der Waals surface area contributed by atoms with Crippen LogP contribution in [0.5, 0.6) is 0 Å². The summed E-state index contributed by atoms with van der Waals surface area (Å²) in [7, 11) is 2.92. The van der Waals surface area contributed by atoms with E-state index in [0.717, 1.165) is 5.69 Å².